The minimum atomic E-state index is -2.82. The van der Waals surface area contributed by atoms with Gasteiger partial charge in [-0.15, -0.1) is 0 Å². The highest BCUT2D eigenvalue weighted by molar-refractivity contribution is 7.91. The summed E-state index contributed by atoms with van der Waals surface area (Å²) in [7, 11) is -2.82. The van der Waals surface area contributed by atoms with Crippen molar-refractivity contribution in [1.29, 1.82) is 0 Å². The summed E-state index contributed by atoms with van der Waals surface area (Å²) < 4.78 is 23.3. The molecule has 108 valence electrons. The van der Waals surface area contributed by atoms with Gasteiger partial charge in [0.05, 0.1) is 11.5 Å². The van der Waals surface area contributed by atoms with Crippen LogP contribution in [-0.4, -0.2) is 31.5 Å². The SMILES string of the molecule is CC(C)CC(CC(C)C)NC1(C)CCS(=O)(=O)C1. The Labute approximate surface area is 113 Å². The number of nitrogens with one attached hydrogen (secondary N) is 1. The molecule has 1 rings (SSSR count). The number of hydrogen-bond acceptors (Lipinski definition) is 3. The first-order chi connectivity index (χ1) is 8.12. The minimum Gasteiger partial charge on any atom is -0.308 e. The topological polar surface area (TPSA) is 46.2 Å². The van der Waals surface area contributed by atoms with Crippen molar-refractivity contribution in [3.8, 4) is 0 Å². The van der Waals surface area contributed by atoms with E-state index in [-0.39, 0.29) is 5.54 Å². The van der Waals surface area contributed by atoms with Crippen molar-refractivity contribution >= 4 is 9.84 Å². The Morgan fingerprint density at radius 2 is 1.61 bits per heavy atom. The Kier molecular flexibility index (Phi) is 5.24. The molecule has 0 saturated carbocycles. The second-order valence-electron chi connectivity index (χ2n) is 7.00. The molecule has 1 saturated heterocycles. The highest BCUT2D eigenvalue weighted by atomic mass is 32.2. The third-order valence-electron chi connectivity index (χ3n) is 3.57. The van der Waals surface area contributed by atoms with E-state index in [1.165, 1.54) is 0 Å². The molecule has 0 spiro atoms. The van der Waals surface area contributed by atoms with Gasteiger partial charge in [0.25, 0.3) is 0 Å². The standard InChI is InChI=1S/C14H29NO2S/c1-11(2)8-13(9-12(3)4)15-14(5)6-7-18(16,17)10-14/h11-13,15H,6-10H2,1-5H3. The first kappa shape index (κ1) is 16.0. The van der Waals surface area contributed by atoms with Gasteiger partial charge >= 0.3 is 0 Å². The molecular weight excluding hydrogens is 246 g/mol. The van der Waals surface area contributed by atoms with Crippen LogP contribution in [0.4, 0.5) is 0 Å². The molecule has 0 aliphatic carbocycles. The normalized spacial score (nSPS) is 27.6. The van der Waals surface area contributed by atoms with Crippen molar-refractivity contribution < 1.29 is 8.42 Å². The van der Waals surface area contributed by atoms with Crippen LogP contribution in [0.5, 0.6) is 0 Å². The maximum absolute atomic E-state index is 11.6. The van der Waals surface area contributed by atoms with Crippen LogP contribution in [0.15, 0.2) is 0 Å². The van der Waals surface area contributed by atoms with Crippen molar-refractivity contribution in [2.75, 3.05) is 11.5 Å². The summed E-state index contributed by atoms with van der Waals surface area (Å²) in [5.74, 6) is 1.92. The fourth-order valence-electron chi connectivity index (χ4n) is 2.97. The molecule has 1 fully saturated rings. The Hall–Kier alpha value is -0.0900. The van der Waals surface area contributed by atoms with Crippen LogP contribution in [0.25, 0.3) is 0 Å². The van der Waals surface area contributed by atoms with Crippen LogP contribution < -0.4 is 5.32 Å². The van der Waals surface area contributed by atoms with Crippen molar-refractivity contribution in [1.82, 2.24) is 5.32 Å². The predicted molar refractivity (Wildman–Crippen MR) is 77.5 cm³/mol. The van der Waals surface area contributed by atoms with Crippen LogP contribution in [0, 0.1) is 11.8 Å². The van der Waals surface area contributed by atoms with Crippen LogP contribution in [-0.2, 0) is 9.84 Å². The van der Waals surface area contributed by atoms with Gasteiger partial charge in [-0.05, 0) is 38.0 Å². The van der Waals surface area contributed by atoms with Gasteiger partial charge in [-0.2, -0.15) is 0 Å². The van der Waals surface area contributed by atoms with Gasteiger partial charge < -0.3 is 5.32 Å². The zero-order valence-electron chi connectivity index (χ0n) is 12.5. The van der Waals surface area contributed by atoms with E-state index in [0.717, 1.165) is 19.3 Å². The summed E-state index contributed by atoms with van der Waals surface area (Å²) in [6.45, 7) is 11.0. The second kappa shape index (κ2) is 5.91. The molecule has 0 bridgehead atoms. The van der Waals surface area contributed by atoms with E-state index in [4.69, 9.17) is 0 Å². The third kappa shape index (κ3) is 5.27. The quantitative estimate of drug-likeness (QED) is 0.810. The highest BCUT2D eigenvalue weighted by Gasteiger charge is 2.39. The van der Waals surface area contributed by atoms with E-state index in [1.54, 1.807) is 0 Å². The lowest BCUT2D eigenvalue weighted by atomic mass is 9.92. The van der Waals surface area contributed by atoms with Crippen LogP contribution in [0.3, 0.4) is 0 Å². The molecule has 4 heteroatoms. The Balaban J connectivity index is 2.65. The Morgan fingerprint density at radius 1 is 1.11 bits per heavy atom. The molecule has 1 atom stereocenters. The molecule has 1 aliphatic rings. The predicted octanol–water partition coefficient (Wildman–Crippen LogP) is 2.61. The molecular formula is C14H29NO2S. The second-order valence-corrected chi connectivity index (χ2v) is 9.19. The van der Waals surface area contributed by atoms with Gasteiger partial charge in [0.15, 0.2) is 9.84 Å². The molecule has 0 amide bonds. The van der Waals surface area contributed by atoms with E-state index < -0.39 is 9.84 Å². The Bertz CT molecular complexity index is 352. The monoisotopic (exact) mass is 275 g/mol. The molecule has 1 unspecified atom stereocenters. The zero-order chi connectivity index (χ0) is 14.0. The molecule has 1 aliphatic heterocycles. The minimum absolute atomic E-state index is 0.215. The van der Waals surface area contributed by atoms with E-state index in [1.807, 2.05) is 0 Å². The lowest BCUT2D eigenvalue weighted by Gasteiger charge is -2.32. The Morgan fingerprint density at radius 3 is 1.94 bits per heavy atom. The lowest BCUT2D eigenvalue weighted by Crippen LogP contribution is -2.49. The van der Waals surface area contributed by atoms with Crippen molar-refractivity contribution in [3.05, 3.63) is 0 Å². The average molecular weight is 275 g/mol. The largest absolute Gasteiger partial charge is 0.308 e. The number of sulfone groups is 1. The molecule has 1 N–H and O–H groups in total. The van der Waals surface area contributed by atoms with Gasteiger partial charge in [0.1, 0.15) is 0 Å². The van der Waals surface area contributed by atoms with Crippen molar-refractivity contribution in [3.63, 3.8) is 0 Å². The van der Waals surface area contributed by atoms with Crippen LogP contribution >= 0.6 is 0 Å². The first-order valence-corrected chi connectivity index (χ1v) is 8.92. The number of rotatable bonds is 6. The lowest BCUT2D eigenvalue weighted by molar-refractivity contribution is 0.277. The number of hydrogen-bond donors (Lipinski definition) is 1. The zero-order valence-corrected chi connectivity index (χ0v) is 13.3. The van der Waals surface area contributed by atoms with Crippen molar-refractivity contribution in [2.24, 2.45) is 11.8 Å². The van der Waals surface area contributed by atoms with Gasteiger partial charge in [0, 0.05) is 11.6 Å². The average Bonchev–Trinajstić information content (AvgIpc) is 2.37. The van der Waals surface area contributed by atoms with Crippen molar-refractivity contribution in [2.45, 2.75) is 65.5 Å². The molecule has 3 nitrogen and oxygen atoms in total. The fourth-order valence-corrected chi connectivity index (χ4v) is 5.07. The molecule has 1 heterocycles. The highest BCUT2D eigenvalue weighted by Crippen LogP contribution is 2.26. The molecule has 0 aromatic rings. The smallest absolute Gasteiger partial charge is 0.152 e. The molecule has 0 aromatic heterocycles. The summed E-state index contributed by atoms with van der Waals surface area (Å²) >= 11 is 0. The van der Waals surface area contributed by atoms with E-state index in [9.17, 15) is 8.42 Å². The molecule has 18 heavy (non-hydrogen) atoms. The van der Waals surface area contributed by atoms with Gasteiger partial charge in [-0.25, -0.2) is 8.42 Å². The van der Waals surface area contributed by atoms with Gasteiger partial charge in [-0.1, -0.05) is 27.7 Å². The summed E-state index contributed by atoms with van der Waals surface area (Å²) in [5.41, 5.74) is -0.215. The van der Waals surface area contributed by atoms with E-state index in [2.05, 4.69) is 39.9 Å². The fraction of sp³-hybridized carbons (Fsp3) is 1.00. The van der Waals surface area contributed by atoms with Gasteiger partial charge in [0.2, 0.25) is 0 Å². The van der Waals surface area contributed by atoms with E-state index >= 15 is 0 Å². The summed E-state index contributed by atoms with van der Waals surface area (Å²) in [4.78, 5) is 0. The first-order valence-electron chi connectivity index (χ1n) is 7.10. The molecule has 0 aromatic carbocycles. The maximum atomic E-state index is 11.6. The summed E-state index contributed by atoms with van der Waals surface area (Å²) in [6.07, 6.45) is 2.99. The maximum Gasteiger partial charge on any atom is 0.152 e. The summed E-state index contributed by atoms with van der Waals surface area (Å²) in [6, 6.07) is 0.434. The summed E-state index contributed by atoms with van der Waals surface area (Å²) in [5, 5.41) is 3.63. The molecule has 0 radical (unpaired) electrons. The van der Waals surface area contributed by atoms with E-state index in [0.29, 0.717) is 29.4 Å². The third-order valence-corrected chi connectivity index (χ3v) is 5.47. The van der Waals surface area contributed by atoms with Crippen LogP contribution in [0.2, 0.25) is 0 Å². The van der Waals surface area contributed by atoms with Gasteiger partial charge in [-0.3, -0.25) is 0 Å². The van der Waals surface area contributed by atoms with Crippen LogP contribution in [0.1, 0.15) is 53.9 Å².